The van der Waals surface area contributed by atoms with Gasteiger partial charge < -0.3 is 5.32 Å². The molecule has 0 aliphatic carbocycles. The second kappa shape index (κ2) is 9.50. The molecule has 1 aromatic heterocycles. The van der Waals surface area contributed by atoms with Gasteiger partial charge in [0.1, 0.15) is 0 Å². The number of tetrazole rings is 1. The van der Waals surface area contributed by atoms with Crippen LogP contribution in [0.5, 0.6) is 0 Å². The molecule has 0 fully saturated rings. The molecule has 0 aliphatic rings. The SMILES string of the molecule is CCc1ccc([C@@H](NC(=O)CSc2nnnn2-c2ccccc2)C(C)C)cc1. The number of carbonyl (C=O) groups excluding carboxylic acids is 1. The van der Waals surface area contributed by atoms with Crippen molar-refractivity contribution in [1.82, 2.24) is 25.5 Å². The van der Waals surface area contributed by atoms with Gasteiger partial charge in [-0.1, -0.05) is 75.0 Å². The van der Waals surface area contributed by atoms with Crippen LogP contribution in [0.1, 0.15) is 37.9 Å². The molecule has 1 amide bonds. The smallest absolute Gasteiger partial charge is 0.230 e. The van der Waals surface area contributed by atoms with Gasteiger partial charge in [0.15, 0.2) is 0 Å². The van der Waals surface area contributed by atoms with Crippen LogP contribution in [0.4, 0.5) is 0 Å². The summed E-state index contributed by atoms with van der Waals surface area (Å²) in [6.07, 6.45) is 1.01. The predicted molar refractivity (Wildman–Crippen MR) is 111 cm³/mol. The third kappa shape index (κ3) is 4.98. The Morgan fingerprint density at radius 2 is 1.82 bits per heavy atom. The number of carbonyl (C=O) groups is 1. The maximum Gasteiger partial charge on any atom is 0.230 e. The largest absolute Gasteiger partial charge is 0.348 e. The molecule has 7 heteroatoms. The first-order valence-electron chi connectivity index (χ1n) is 9.43. The third-order valence-electron chi connectivity index (χ3n) is 4.50. The molecule has 0 saturated heterocycles. The van der Waals surface area contributed by atoms with Crippen LogP contribution >= 0.6 is 11.8 Å². The minimum Gasteiger partial charge on any atom is -0.348 e. The Bertz CT molecular complexity index is 893. The number of aryl methyl sites for hydroxylation is 1. The number of para-hydroxylation sites is 1. The van der Waals surface area contributed by atoms with Gasteiger partial charge in [-0.25, -0.2) is 0 Å². The first-order chi connectivity index (χ1) is 13.6. The molecule has 2 aromatic carbocycles. The zero-order chi connectivity index (χ0) is 19.9. The minimum absolute atomic E-state index is 0.0240. The van der Waals surface area contributed by atoms with Crippen molar-refractivity contribution in [3.05, 3.63) is 65.7 Å². The van der Waals surface area contributed by atoms with Crippen LogP contribution < -0.4 is 5.32 Å². The zero-order valence-electron chi connectivity index (χ0n) is 16.4. The molecule has 6 nitrogen and oxygen atoms in total. The van der Waals surface area contributed by atoms with E-state index in [4.69, 9.17) is 0 Å². The van der Waals surface area contributed by atoms with Crippen molar-refractivity contribution in [2.75, 3.05) is 5.75 Å². The molecular formula is C21H25N5OS. The van der Waals surface area contributed by atoms with Crippen LogP contribution in [0.3, 0.4) is 0 Å². The van der Waals surface area contributed by atoms with Crippen LogP contribution in [-0.4, -0.2) is 31.9 Å². The van der Waals surface area contributed by atoms with Crippen LogP contribution in [0.2, 0.25) is 0 Å². The van der Waals surface area contributed by atoms with Crippen LogP contribution in [-0.2, 0) is 11.2 Å². The molecule has 0 saturated carbocycles. The fraction of sp³-hybridized carbons (Fsp3) is 0.333. The normalized spacial score (nSPS) is 12.1. The summed E-state index contributed by atoms with van der Waals surface area (Å²) in [5.41, 5.74) is 3.28. The first kappa shape index (κ1) is 20.1. The third-order valence-corrected chi connectivity index (χ3v) is 5.42. The standard InChI is InChI=1S/C21H25N5OS/c1-4-16-10-12-17(13-11-16)20(15(2)3)22-19(27)14-28-21-23-24-25-26(21)18-8-6-5-7-9-18/h5-13,15,20H,4,14H2,1-3H3,(H,22,27)/t20-/m0/s1. The van der Waals surface area contributed by atoms with Gasteiger partial charge in [-0.3, -0.25) is 4.79 Å². The maximum absolute atomic E-state index is 12.6. The lowest BCUT2D eigenvalue weighted by Gasteiger charge is -2.23. The summed E-state index contributed by atoms with van der Waals surface area (Å²) >= 11 is 1.33. The highest BCUT2D eigenvalue weighted by Crippen LogP contribution is 2.23. The highest BCUT2D eigenvalue weighted by Gasteiger charge is 2.19. The van der Waals surface area contributed by atoms with Gasteiger partial charge in [0.25, 0.3) is 0 Å². The van der Waals surface area contributed by atoms with Crippen molar-refractivity contribution in [1.29, 1.82) is 0 Å². The molecule has 3 aromatic rings. The maximum atomic E-state index is 12.6. The molecule has 146 valence electrons. The molecule has 0 aliphatic heterocycles. The Kier molecular flexibility index (Phi) is 6.81. The first-order valence-corrected chi connectivity index (χ1v) is 10.4. The molecule has 0 radical (unpaired) electrons. The van der Waals surface area contributed by atoms with Crippen LogP contribution in [0, 0.1) is 5.92 Å². The lowest BCUT2D eigenvalue weighted by Crippen LogP contribution is -2.33. The molecule has 1 atom stereocenters. The molecule has 1 N–H and O–H groups in total. The van der Waals surface area contributed by atoms with Crippen molar-refractivity contribution in [3.8, 4) is 5.69 Å². The van der Waals surface area contributed by atoms with E-state index in [0.717, 1.165) is 17.7 Å². The number of benzene rings is 2. The van der Waals surface area contributed by atoms with E-state index < -0.39 is 0 Å². The number of nitrogens with one attached hydrogen (secondary N) is 1. The van der Waals surface area contributed by atoms with Gasteiger partial charge in [-0.05, 0) is 46.0 Å². The van der Waals surface area contributed by atoms with Crippen molar-refractivity contribution < 1.29 is 4.79 Å². The molecule has 0 unspecified atom stereocenters. The molecule has 3 rings (SSSR count). The van der Waals surface area contributed by atoms with Gasteiger partial charge in [0.2, 0.25) is 11.1 Å². The quantitative estimate of drug-likeness (QED) is 0.587. The van der Waals surface area contributed by atoms with E-state index in [2.05, 4.69) is 65.9 Å². The summed E-state index contributed by atoms with van der Waals surface area (Å²) < 4.78 is 1.64. The summed E-state index contributed by atoms with van der Waals surface area (Å²) in [7, 11) is 0. The fourth-order valence-electron chi connectivity index (χ4n) is 2.94. The minimum atomic E-state index is -0.0362. The van der Waals surface area contributed by atoms with E-state index in [1.807, 2.05) is 30.3 Å². The van der Waals surface area contributed by atoms with E-state index in [9.17, 15) is 4.79 Å². The number of nitrogens with zero attached hydrogens (tertiary/aromatic N) is 4. The van der Waals surface area contributed by atoms with Crippen molar-refractivity contribution >= 4 is 17.7 Å². The summed E-state index contributed by atoms with van der Waals surface area (Å²) in [6, 6.07) is 18.1. The number of thioether (sulfide) groups is 1. The average molecular weight is 396 g/mol. The number of hydrogen-bond donors (Lipinski definition) is 1. The second-order valence-corrected chi connectivity index (χ2v) is 7.82. The molecular weight excluding hydrogens is 370 g/mol. The Morgan fingerprint density at radius 1 is 1.11 bits per heavy atom. The summed E-state index contributed by atoms with van der Waals surface area (Å²) in [4.78, 5) is 12.6. The van der Waals surface area contributed by atoms with E-state index >= 15 is 0 Å². The average Bonchev–Trinajstić information content (AvgIpc) is 3.20. The van der Waals surface area contributed by atoms with Gasteiger partial charge >= 0.3 is 0 Å². The summed E-state index contributed by atoms with van der Waals surface area (Å²) in [5, 5.41) is 15.5. The number of rotatable bonds is 8. The number of amides is 1. The highest BCUT2D eigenvalue weighted by atomic mass is 32.2. The van der Waals surface area contributed by atoms with Crippen LogP contribution in [0.15, 0.2) is 59.8 Å². The van der Waals surface area contributed by atoms with Crippen molar-refractivity contribution in [2.24, 2.45) is 5.92 Å². The van der Waals surface area contributed by atoms with Gasteiger partial charge in [0, 0.05) is 0 Å². The molecule has 1 heterocycles. The van der Waals surface area contributed by atoms with Gasteiger partial charge in [-0.2, -0.15) is 4.68 Å². The van der Waals surface area contributed by atoms with E-state index in [1.54, 1.807) is 4.68 Å². The molecule has 0 bridgehead atoms. The number of hydrogen-bond acceptors (Lipinski definition) is 5. The molecule has 0 spiro atoms. The Labute approximate surface area is 169 Å². The Balaban J connectivity index is 1.64. The summed E-state index contributed by atoms with van der Waals surface area (Å²) in [6.45, 7) is 6.36. The Hall–Kier alpha value is -2.67. The predicted octanol–water partition coefficient (Wildman–Crippen LogP) is 3.83. The Morgan fingerprint density at radius 3 is 2.46 bits per heavy atom. The van der Waals surface area contributed by atoms with E-state index in [-0.39, 0.29) is 23.6 Å². The van der Waals surface area contributed by atoms with Crippen molar-refractivity contribution in [2.45, 2.75) is 38.4 Å². The summed E-state index contributed by atoms with van der Waals surface area (Å²) in [5.74, 6) is 0.505. The van der Waals surface area contributed by atoms with Crippen molar-refractivity contribution in [3.63, 3.8) is 0 Å². The highest BCUT2D eigenvalue weighted by molar-refractivity contribution is 7.99. The van der Waals surface area contributed by atoms with Gasteiger partial charge in [-0.15, -0.1) is 5.10 Å². The van der Waals surface area contributed by atoms with E-state index in [1.165, 1.54) is 17.3 Å². The topological polar surface area (TPSA) is 72.7 Å². The van der Waals surface area contributed by atoms with Crippen LogP contribution in [0.25, 0.3) is 5.69 Å². The lowest BCUT2D eigenvalue weighted by molar-refractivity contribution is -0.119. The lowest BCUT2D eigenvalue weighted by atomic mass is 9.95. The second-order valence-electron chi connectivity index (χ2n) is 6.88. The zero-order valence-corrected chi connectivity index (χ0v) is 17.2. The monoisotopic (exact) mass is 395 g/mol. The fourth-order valence-corrected chi connectivity index (χ4v) is 3.64. The number of aromatic nitrogens is 4. The van der Waals surface area contributed by atoms with Gasteiger partial charge in [0.05, 0.1) is 17.5 Å². The van der Waals surface area contributed by atoms with E-state index in [0.29, 0.717) is 5.16 Å². The molecule has 28 heavy (non-hydrogen) atoms.